The summed E-state index contributed by atoms with van der Waals surface area (Å²) in [5, 5.41) is 5.42. The quantitative estimate of drug-likeness (QED) is 0.699. The summed E-state index contributed by atoms with van der Waals surface area (Å²) in [6, 6.07) is 17.1. The molecular weight excluding hydrogens is 378 g/mol. The zero-order valence-electron chi connectivity index (χ0n) is 17.6. The van der Waals surface area contributed by atoms with Crippen molar-refractivity contribution in [2.45, 2.75) is 51.9 Å². The summed E-state index contributed by atoms with van der Waals surface area (Å²) in [7, 11) is 0. The zero-order valence-corrected chi connectivity index (χ0v) is 17.6. The molecule has 0 spiro atoms. The van der Waals surface area contributed by atoms with Gasteiger partial charge in [0.2, 0.25) is 5.91 Å². The van der Waals surface area contributed by atoms with E-state index in [0.29, 0.717) is 6.54 Å². The summed E-state index contributed by atoms with van der Waals surface area (Å²) < 4.78 is 5.15. The third-order valence-corrected chi connectivity index (χ3v) is 5.28. The van der Waals surface area contributed by atoms with E-state index in [1.54, 1.807) is 6.92 Å². The van der Waals surface area contributed by atoms with Crippen LogP contribution in [0.4, 0.5) is 4.79 Å². The van der Waals surface area contributed by atoms with E-state index < -0.39 is 12.1 Å². The molecule has 3 rings (SSSR count). The molecule has 0 aliphatic carbocycles. The van der Waals surface area contributed by atoms with Gasteiger partial charge in [0.15, 0.2) is 0 Å². The number of carbonyl (C=O) groups is 2. The van der Waals surface area contributed by atoms with E-state index in [1.165, 1.54) is 37.9 Å². The molecule has 2 N–H and O–H groups in total. The SMILES string of the molecule is C[C@@H](NC(=O)OCc1ccccc1)C(=O)NCc1ccc(CN2CCCCC2)cc1. The molecule has 160 valence electrons. The Labute approximate surface area is 178 Å². The second-order valence-electron chi connectivity index (χ2n) is 7.80. The fourth-order valence-corrected chi connectivity index (χ4v) is 3.49. The van der Waals surface area contributed by atoms with Gasteiger partial charge in [0.25, 0.3) is 0 Å². The lowest BCUT2D eigenvalue weighted by atomic mass is 10.1. The molecule has 1 saturated heterocycles. The predicted molar refractivity (Wildman–Crippen MR) is 117 cm³/mol. The van der Waals surface area contributed by atoms with Gasteiger partial charge in [-0.15, -0.1) is 0 Å². The number of hydrogen-bond acceptors (Lipinski definition) is 4. The second-order valence-corrected chi connectivity index (χ2v) is 7.80. The van der Waals surface area contributed by atoms with Crippen LogP contribution in [0.2, 0.25) is 0 Å². The van der Waals surface area contributed by atoms with Crippen molar-refractivity contribution >= 4 is 12.0 Å². The van der Waals surface area contributed by atoms with Crippen LogP contribution in [0.1, 0.15) is 42.9 Å². The molecule has 1 fully saturated rings. The van der Waals surface area contributed by atoms with E-state index in [0.717, 1.165) is 17.7 Å². The maximum atomic E-state index is 12.3. The maximum absolute atomic E-state index is 12.3. The first-order valence-electron chi connectivity index (χ1n) is 10.7. The third-order valence-electron chi connectivity index (χ3n) is 5.28. The summed E-state index contributed by atoms with van der Waals surface area (Å²) >= 11 is 0. The van der Waals surface area contributed by atoms with Crippen LogP contribution in [0, 0.1) is 0 Å². The molecule has 1 aliphatic rings. The number of piperidine rings is 1. The molecular formula is C24H31N3O3. The van der Waals surface area contributed by atoms with E-state index in [1.807, 2.05) is 42.5 Å². The fraction of sp³-hybridized carbons (Fsp3) is 0.417. The van der Waals surface area contributed by atoms with Gasteiger partial charge in [-0.25, -0.2) is 4.79 Å². The van der Waals surface area contributed by atoms with E-state index in [9.17, 15) is 9.59 Å². The highest BCUT2D eigenvalue weighted by atomic mass is 16.5. The molecule has 0 radical (unpaired) electrons. The molecule has 0 saturated carbocycles. The number of benzene rings is 2. The first-order valence-corrected chi connectivity index (χ1v) is 10.7. The molecule has 30 heavy (non-hydrogen) atoms. The van der Waals surface area contributed by atoms with Gasteiger partial charge in [-0.05, 0) is 49.5 Å². The first kappa shape index (κ1) is 21.8. The summed E-state index contributed by atoms with van der Waals surface area (Å²) in [5.74, 6) is -0.246. The van der Waals surface area contributed by atoms with Crippen LogP contribution in [0.3, 0.4) is 0 Å². The largest absolute Gasteiger partial charge is 0.445 e. The van der Waals surface area contributed by atoms with Gasteiger partial charge < -0.3 is 15.4 Å². The number of alkyl carbamates (subject to hydrolysis) is 1. The van der Waals surface area contributed by atoms with Crippen molar-refractivity contribution in [1.82, 2.24) is 15.5 Å². The molecule has 1 heterocycles. The number of carbonyl (C=O) groups excluding carboxylic acids is 2. The Morgan fingerprint density at radius 1 is 0.933 bits per heavy atom. The highest BCUT2D eigenvalue weighted by Gasteiger charge is 2.16. The Bertz CT molecular complexity index is 802. The summed E-state index contributed by atoms with van der Waals surface area (Å²) in [6.45, 7) is 5.57. The number of ether oxygens (including phenoxy) is 1. The average molecular weight is 410 g/mol. The van der Waals surface area contributed by atoms with Gasteiger partial charge in [0, 0.05) is 13.1 Å². The number of rotatable bonds is 8. The normalized spacial score (nSPS) is 15.2. The van der Waals surface area contributed by atoms with Crippen LogP contribution in [-0.4, -0.2) is 36.0 Å². The first-order chi connectivity index (χ1) is 14.6. The molecule has 2 aromatic rings. The van der Waals surface area contributed by atoms with Crippen molar-refractivity contribution in [2.24, 2.45) is 0 Å². The van der Waals surface area contributed by atoms with Crippen LogP contribution in [0.15, 0.2) is 54.6 Å². The molecule has 2 aromatic carbocycles. The zero-order chi connectivity index (χ0) is 21.2. The summed E-state index contributed by atoms with van der Waals surface area (Å²) in [5.41, 5.74) is 3.22. The smallest absolute Gasteiger partial charge is 0.408 e. The van der Waals surface area contributed by atoms with Gasteiger partial charge in [-0.3, -0.25) is 9.69 Å². The Kier molecular flexibility index (Phi) is 8.27. The van der Waals surface area contributed by atoms with Crippen LogP contribution in [0.25, 0.3) is 0 Å². The molecule has 1 atom stereocenters. The molecule has 0 unspecified atom stereocenters. The maximum Gasteiger partial charge on any atom is 0.408 e. The number of nitrogens with one attached hydrogen (secondary N) is 2. The Balaban J connectivity index is 1.37. The lowest BCUT2D eigenvalue weighted by Gasteiger charge is -2.26. The van der Waals surface area contributed by atoms with Crippen LogP contribution >= 0.6 is 0 Å². The van der Waals surface area contributed by atoms with Crippen molar-refractivity contribution in [1.29, 1.82) is 0 Å². The molecule has 6 nitrogen and oxygen atoms in total. The predicted octanol–water partition coefficient (Wildman–Crippen LogP) is 3.60. The standard InChI is InChI=1S/C24H31N3O3/c1-19(26-24(29)30-18-22-8-4-2-5-9-22)23(28)25-16-20-10-12-21(13-11-20)17-27-14-6-3-7-15-27/h2,4-5,8-13,19H,3,6-7,14-18H2,1H3,(H,25,28)(H,26,29)/t19-/m1/s1. The monoisotopic (exact) mass is 409 g/mol. The number of hydrogen-bond donors (Lipinski definition) is 2. The Morgan fingerprint density at radius 3 is 2.30 bits per heavy atom. The van der Waals surface area contributed by atoms with Gasteiger partial charge in [0.05, 0.1) is 0 Å². The minimum absolute atomic E-state index is 0.171. The third kappa shape index (κ3) is 7.19. The second kappa shape index (κ2) is 11.4. The number of nitrogens with zero attached hydrogens (tertiary/aromatic N) is 1. The fourth-order valence-electron chi connectivity index (χ4n) is 3.49. The van der Waals surface area contributed by atoms with Crippen LogP contribution < -0.4 is 10.6 Å². The highest BCUT2D eigenvalue weighted by molar-refractivity contribution is 5.85. The Hall–Kier alpha value is -2.86. The van der Waals surface area contributed by atoms with Crippen LogP contribution in [-0.2, 0) is 29.2 Å². The summed E-state index contributed by atoms with van der Waals surface area (Å²) in [6.07, 6.45) is 3.31. The van der Waals surface area contributed by atoms with E-state index in [-0.39, 0.29) is 12.5 Å². The van der Waals surface area contributed by atoms with Gasteiger partial charge in [-0.2, -0.15) is 0 Å². The topological polar surface area (TPSA) is 70.7 Å². The molecule has 2 amide bonds. The Morgan fingerprint density at radius 2 is 1.60 bits per heavy atom. The van der Waals surface area contributed by atoms with Gasteiger partial charge >= 0.3 is 6.09 Å². The summed E-state index contributed by atoms with van der Waals surface area (Å²) in [4.78, 5) is 26.6. The molecule has 0 bridgehead atoms. The average Bonchev–Trinajstić information content (AvgIpc) is 2.78. The van der Waals surface area contributed by atoms with E-state index >= 15 is 0 Å². The van der Waals surface area contributed by atoms with Crippen LogP contribution in [0.5, 0.6) is 0 Å². The number of likely N-dealkylation sites (tertiary alicyclic amines) is 1. The van der Waals surface area contributed by atoms with Crippen molar-refractivity contribution in [3.8, 4) is 0 Å². The molecule has 6 heteroatoms. The van der Waals surface area contributed by atoms with Crippen molar-refractivity contribution in [3.63, 3.8) is 0 Å². The lowest BCUT2D eigenvalue weighted by molar-refractivity contribution is -0.122. The van der Waals surface area contributed by atoms with Crippen molar-refractivity contribution < 1.29 is 14.3 Å². The van der Waals surface area contributed by atoms with E-state index in [4.69, 9.17) is 4.74 Å². The highest BCUT2D eigenvalue weighted by Crippen LogP contribution is 2.13. The van der Waals surface area contributed by atoms with Crippen molar-refractivity contribution in [3.05, 3.63) is 71.3 Å². The molecule has 0 aromatic heterocycles. The molecule has 1 aliphatic heterocycles. The van der Waals surface area contributed by atoms with Gasteiger partial charge in [-0.1, -0.05) is 61.0 Å². The minimum atomic E-state index is -0.674. The van der Waals surface area contributed by atoms with E-state index in [2.05, 4.69) is 27.7 Å². The lowest BCUT2D eigenvalue weighted by Crippen LogP contribution is -2.44. The number of amides is 2. The minimum Gasteiger partial charge on any atom is -0.445 e. The van der Waals surface area contributed by atoms with Gasteiger partial charge in [0.1, 0.15) is 12.6 Å². The van der Waals surface area contributed by atoms with Crippen molar-refractivity contribution in [2.75, 3.05) is 13.1 Å².